The number of nitrogens with one attached hydrogen (secondary N) is 2. The van der Waals surface area contributed by atoms with Crippen molar-refractivity contribution in [1.29, 1.82) is 5.26 Å². The number of aryl methyl sites for hydroxylation is 1. The zero-order chi connectivity index (χ0) is 25.7. The van der Waals surface area contributed by atoms with E-state index in [1.165, 1.54) is 0 Å². The standard InChI is InChI=1S/C26H24N8O2S/c1-15-5-3-4-6-21(15)37(35,36)26-25-33-32-24(34(25)20-9-10-28-23(20)31-26)19-12-18(11-16(19)2)30-22-8-7-17(13-27)14-29-22/h3-10,14,16,18-19,28H,11-12H2,1-2H3,(H,29,30)/t16-,18+,19+/m1/s1. The molecule has 3 atom stereocenters. The predicted octanol–water partition coefficient (Wildman–Crippen LogP) is 4.01. The van der Waals surface area contributed by atoms with E-state index in [2.05, 4.69) is 43.5 Å². The fourth-order valence-electron chi connectivity index (χ4n) is 5.31. The number of fused-ring (bicyclic) bond motifs is 3. The number of hydrogen-bond donors (Lipinski definition) is 2. The van der Waals surface area contributed by atoms with E-state index in [0.717, 1.165) is 18.4 Å². The molecule has 1 saturated carbocycles. The molecule has 0 spiro atoms. The number of nitriles is 1. The molecule has 1 aromatic carbocycles. The van der Waals surface area contributed by atoms with Crippen LogP contribution in [0.1, 0.15) is 42.6 Å². The van der Waals surface area contributed by atoms with E-state index >= 15 is 0 Å². The van der Waals surface area contributed by atoms with Gasteiger partial charge in [-0.15, -0.1) is 10.2 Å². The second-order valence-electron chi connectivity index (χ2n) is 9.55. The van der Waals surface area contributed by atoms with Crippen LogP contribution in [0.15, 0.2) is 64.8 Å². The maximum atomic E-state index is 13.7. The summed E-state index contributed by atoms with van der Waals surface area (Å²) in [5.41, 5.74) is 2.57. The van der Waals surface area contributed by atoms with Gasteiger partial charge in [-0.1, -0.05) is 25.1 Å². The first-order chi connectivity index (χ1) is 17.9. The van der Waals surface area contributed by atoms with E-state index in [4.69, 9.17) is 5.26 Å². The average molecular weight is 513 g/mol. The van der Waals surface area contributed by atoms with Crippen LogP contribution in [0.25, 0.3) is 16.8 Å². The number of nitrogens with zero attached hydrogens (tertiary/aromatic N) is 6. The maximum Gasteiger partial charge on any atom is 0.228 e. The third-order valence-corrected chi connectivity index (χ3v) is 8.95. The number of aromatic amines is 1. The highest BCUT2D eigenvalue weighted by molar-refractivity contribution is 7.91. The lowest BCUT2D eigenvalue weighted by atomic mass is 9.97. The van der Waals surface area contributed by atoms with Crippen LogP contribution in [-0.4, -0.2) is 44.0 Å². The van der Waals surface area contributed by atoms with Gasteiger partial charge in [0, 0.05) is 24.4 Å². The van der Waals surface area contributed by atoms with Crippen LogP contribution < -0.4 is 5.32 Å². The van der Waals surface area contributed by atoms with Gasteiger partial charge in [-0.25, -0.2) is 18.4 Å². The minimum absolute atomic E-state index is 0.0420. The molecule has 37 heavy (non-hydrogen) atoms. The summed E-state index contributed by atoms with van der Waals surface area (Å²) in [6.45, 7) is 3.93. The van der Waals surface area contributed by atoms with E-state index in [1.54, 1.807) is 55.7 Å². The van der Waals surface area contributed by atoms with E-state index < -0.39 is 9.84 Å². The number of aromatic nitrogens is 6. The normalized spacial score (nSPS) is 19.9. The SMILES string of the molecule is Cc1ccccc1S(=O)(=O)c1nc2[nH]ccc2n2c([C@H]3C[C@@H](Nc4ccc(C#N)cn4)C[C@H]3C)nnc12. The average Bonchev–Trinajstić information content (AvgIpc) is 3.61. The highest BCUT2D eigenvalue weighted by Gasteiger charge is 2.37. The lowest BCUT2D eigenvalue weighted by Crippen LogP contribution is -2.16. The Labute approximate surface area is 213 Å². The third kappa shape index (κ3) is 3.81. The highest BCUT2D eigenvalue weighted by Crippen LogP contribution is 2.41. The van der Waals surface area contributed by atoms with Gasteiger partial charge in [-0.3, -0.25) is 4.40 Å². The Morgan fingerprint density at radius 2 is 1.97 bits per heavy atom. The first-order valence-corrected chi connectivity index (χ1v) is 13.5. The van der Waals surface area contributed by atoms with Crippen molar-refractivity contribution in [2.24, 2.45) is 5.92 Å². The van der Waals surface area contributed by atoms with Crippen LogP contribution in [0, 0.1) is 24.2 Å². The van der Waals surface area contributed by atoms with Crippen LogP contribution in [0.2, 0.25) is 0 Å². The summed E-state index contributed by atoms with van der Waals surface area (Å²) in [4.78, 5) is 12.1. The number of H-pyrrole nitrogens is 1. The summed E-state index contributed by atoms with van der Waals surface area (Å²) in [7, 11) is -3.94. The predicted molar refractivity (Wildman–Crippen MR) is 137 cm³/mol. The van der Waals surface area contributed by atoms with Gasteiger partial charge in [0.2, 0.25) is 14.9 Å². The van der Waals surface area contributed by atoms with Crippen molar-refractivity contribution in [3.8, 4) is 6.07 Å². The Balaban J connectivity index is 1.41. The van der Waals surface area contributed by atoms with Crippen molar-refractivity contribution in [1.82, 2.24) is 29.5 Å². The summed E-state index contributed by atoms with van der Waals surface area (Å²) in [6.07, 6.45) is 4.95. The van der Waals surface area contributed by atoms with Crippen LogP contribution >= 0.6 is 0 Å². The highest BCUT2D eigenvalue weighted by atomic mass is 32.2. The zero-order valence-corrected chi connectivity index (χ0v) is 21.1. The van der Waals surface area contributed by atoms with Gasteiger partial charge in [0.25, 0.3) is 0 Å². The minimum Gasteiger partial charge on any atom is -0.367 e. The summed E-state index contributed by atoms with van der Waals surface area (Å²) in [6, 6.07) is 14.5. The molecule has 2 N–H and O–H groups in total. The van der Waals surface area contributed by atoms with Crippen molar-refractivity contribution >= 4 is 32.5 Å². The first-order valence-electron chi connectivity index (χ1n) is 12.0. The molecule has 1 fully saturated rings. The van der Waals surface area contributed by atoms with Crippen molar-refractivity contribution in [3.05, 3.63) is 71.8 Å². The monoisotopic (exact) mass is 512 g/mol. The van der Waals surface area contributed by atoms with Gasteiger partial charge in [-0.05, 0) is 55.5 Å². The molecule has 0 unspecified atom stereocenters. The van der Waals surface area contributed by atoms with Crippen molar-refractivity contribution in [3.63, 3.8) is 0 Å². The summed E-state index contributed by atoms with van der Waals surface area (Å²) in [5, 5.41) is 21.3. The molecule has 11 heteroatoms. The van der Waals surface area contributed by atoms with Crippen molar-refractivity contribution in [2.75, 3.05) is 5.32 Å². The maximum absolute atomic E-state index is 13.7. The molecule has 0 saturated heterocycles. The summed E-state index contributed by atoms with van der Waals surface area (Å²) < 4.78 is 29.3. The third-order valence-electron chi connectivity index (χ3n) is 7.13. The van der Waals surface area contributed by atoms with Crippen LogP contribution in [0.4, 0.5) is 5.82 Å². The Kier molecular flexibility index (Phi) is 5.42. The van der Waals surface area contributed by atoms with Gasteiger partial charge >= 0.3 is 0 Å². The van der Waals surface area contributed by atoms with Crippen molar-refractivity contribution in [2.45, 2.75) is 48.6 Å². The Hall–Kier alpha value is -4.30. The smallest absolute Gasteiger partial charge is 0.228 e. The number of benzene rings is 1. The first kappa shape index (κ1) is 23.1. The Bertz CT molecular complexity index is 1780. The largest absolute Gasteiger partial charge is 0.367 e. The molecule has 5 aromatic rings. The molecule has 0 bridgehead atoms. The number of pyridine rings is 1. The van der Waals surface area contributed by atoms with E-state index in [9.17, 15) is 8.42 Å². The van der Waals surface area contributed by atoms with Gasteiger partial charge in [0.15, 0.2) is 11.3 Å². The van der Waals surface area contributed by atoms with E-state index in [0.29, 0.717) is 28.4 Å². The summed E-state index contributed by atoms with van der Waals surface area (Å²) >= 11 is 0. The molecule has 0 aliphatic heterocycles. The van der Waals surface area contributed by atoms with Crippen LogP contribution in [0.5, 0.6) is 0 Å². The lowest BCUT2D eigenvalue weighted by Gasteiger charge is -2.15. The van der Waals surface area contributed by atoms with Gasteiger partial charge in [-0.2, -0.15) is 5.26 Å². The van der Waals surface area contributed by atoms with Gasteiger partial charge in [0.05, 0.1) is 16.0 Å². The molecule has 1 aliphatic rings. The molecule has 4 heterocycles. The molecular weight excluding hydrogens is 488 g/mol. The van der Waals surface area contributed by atoms with E-state index in [1.807, 2.05) is 10.5 Å². The fraction of sp³-hybridized carbons (Fsp3) is 0.269. The molecule has 10 nitrogen and oxygen atoms in total. The second-order valence-corrected chi connectivity index (χ2v) is 11.4. The Morgan fingerprint density at radius 3 is 2.73 bits per heavy atom. The number of hydrogen-bond acceptors (Lipinski definition) is 8. The molecule has 6 rings (SSSR count). The lowest BCUT2D eigenvalue weighted by molar-refractivity contribution is 0.507. The zero-order valence-electron chi connectivity index (χ0n) is 20.3. The molecule has 1 aliphatic carbocycles. The topological polar surface area (TPSA) is 142 Å². The molecule has 4 aromatic heterocycles. The number of rotatable bonds is 5. The van der Waals surface area contributed by atoms with E-state index in [-0.39, 0.29) is 33.4 Å². The number of sulfone groups is 1. The van der Waals surface area contributed by atoms with Gasteiger partial charge in [0.1, 0.15) is 17.7 Å². The summed E-state index contributed by atoms with van der Waals surface area (Å²) in [5.74, 6) is 1.74. The Morgan fingerprint density at radius 1 is 1.14 bits per heavy atom. The van der Waals surface area contributed by atoms with Gasteiger partial charge < -0.3 is 10.3 Å². The van der Waals surface area contributed by atoms with Crippen LogP contribution in [0.3, 0.4) is 0 Å². The fourth-order valence-corrected chi connectivity index (χ4v) is 6.85. The molecule has 0 radical (unpaired) electrons. The van der Waals surface area contributed by atoms with Crippen LogP contribution in [-0.2, 0) is 9.84 Å². The molecule has 186 valence electrons. The quantitative estimate of drug-likeness (QED) is 0.360. The second kappa shape index (κ2) is 8.67. The minimum atomic E-state index is -3.94. The number of anilines is 1. The molecule has 0 amide bonds. The molecular formula is C26H24N8O2S. The van der Waals surface area contributed by atoms with Crippen molar-refractivity contribution < 1.29 is 8.42 Å².